The lowest BCUT2D eigenvalue weighted by atomic mass is 9.89. The SMILES string of the molecule is CCS[C@@H]1OC(COCc2ccccc2)[C@@H](O[C@@H]2OC(C)[C@@H](O)[C@H](C)C2OC(=O)c2ccccc2)[C@H](C)C1OC(=O)c1ccccc1. The molecule has 4 unspecified atom stereocenters. The largest absolute Gasteiger partial charge is 0.455 e. The van der Waals surface area contributed by atoms with Gasteiger partial charge in [0.1, 0.15) is 17.6 Å². The van der Waals surface area contributed by atoms with E-state index in [4.69, 9.17) is 28.4 Å². The molecule has 0 radical (unpaired) electrons. The Hall–Kier alpha value is -3.25. The lowest BCUT2D eigenvalue weighted by Crippen LogP contribution is -2.60. The number of rotatable bonds is 12. The molecular formula is C37H44O9S. The first-order valence-corrected chi connectivity index (χ1v) is 17.2. The fourth-order valence-electron chi connectivity index (χ4n) is 5.97. The number of aliphatic hydroxyl groups excluding tert-OH is 1. The normalized spacial score (nSPS) is 30.7. The van der Waals surface area contributed by atoms with E-state index in [0.29, 0.717) is 17.7 Å². The average molecular weight is 665 g/mol. The molecule has 0 amide bonds. The topological polar surface area (TPSA) is 110 Å². The number of thioether (sulfide) groups is 1. The number of hydrogen-bond acceptors (Lipinski definition) is 10. The third-order valence-electron chi connectivity index (χ3n) is 8.66. The molecule has 1 N–H and O–H groups in total. The summed E-state index contributed by atoms with van der Waals surface area (Å²) >= 11 is 1.55. The zero-order valence-corrected chi connectivity index (χ0v) is 28.0. The molecule has 0 aliphatic carbocycles. The van der Waals surface area contributed by atoms with Crippen LogP contribution in [0.15, 0.2) is 91.0 Å². The van der Waals surface area contributed by atoms with E-state index >= 15 is 0 Å². The fourth-order valence-corrected chi connectivity index (χ4v) is 7.02. The van der Waals surface area contributed by atoms with Crippen molar-refractivity contribution >= 4 is 23.7 Å². The van der Waals surface area contributed by atoms with Crippen molar-refractivity contribution in [3.8, 4) is 0 Å². The molecular weight excluding hydrogens is 620 g/mol. The summed E-state index contributed by atoms with van der Waals surface area (Å²) in [5.41, 5.74) is 1.35. The van der Waals surface area contributed by atoms with Gasteiger partial charge in [0.25, 0.3) is 0 Å². The van der Waals surface area contributed by atoms with Crippen molar-refractivity contribution in [2.24, 2.45) is 11.8 Å². The van der Waals surface area contributed by atoms with Crippen LogP contribution in [0, 0.1) is 11.8 Å². The molecule has 3 aromatic carbocycles. The summed E-state index contributed by atoms with van der Waals surface area (Å²) in [5.74, 6) is -1.15. The Bertz CT molecular complexity index is 1410. The van der Waals surface area contributed by atoms with E-state index in [1.807, 2.05) is 63.2 Å². The summed E-state index contributed by atoms with van der Waals surface area (Å²) < 4.78 is 37.8. The van der Waals surface area contributed by atoms with Crippen LogP contribution in [-0.4, -0.2) is 77.8 Å². The van der Waals surface area contributed by atoms with Crippen LogP contribution in [0.3, 0.4) is 0 Å². The summed E-state index contributed by atoms with van der Waals surface area (Å²) in [6, 6.07) is 27.3. The zero-order valence-electron chi connectivity index (χ0n) is 27.2. The second kappa shape index (κ2) is 16.7. The lowest BCUT2D eigenvalue weighted by Gasteiger charge is -2.48. The maximum atomic E-state index is 13.3. The molecule has 2 aliphatic heterocycles. The van der Waals surface area contributed by atoms with Crippen LogP contribution in [0.5, 0.6) is 0 Å². The minimum atomic E-state index is -1.04. The number of hydrogen-bond donors (Lipinski definition) is 1. The van der Waals surface area contributed by atoms with Crippen molar-refractivity contribution in [1.82, 2.24) is 0 Å². The Morgan fingerprint density at radius 2 is 1.30 bits per heavy atom. The fraction of sp³-hybridized carbons (Fsp3) is 0.459. The third kappa shape index (κ3) is 8.81. The van der Waals surface area contributed by atoms with E-state index in [-0.39, 0.29) is 12.5 Å². The predicted octanol–water partition coefficient (Wildman–Crippen LogP) is 5.90. The number of esters is 2. The molecule has 10 heteroatoms. The summed E-state index contributed by atoms with van der Waals surface area (Å²) in [6.45, 7) is 8.11. The van der Waals surface area contributed by atoms with Crippen LogP contribution < -0.4 is 0 Å². The molecule has 2 saturated heterocycles. The van der Waals surface area contributed by atoms with Crippen LogP contribution in [0.2, 0.25) is 0 Å². The molecule has 0 bridgehead atoms. The number of ether oxygens (including phenoxy) is 6. The Balaban J connectivity index is 1.41. The second-order valence-electron chi connectivity index (χ2n) is 12.0. The van der Waals surface area contributed by atoms with Crippen molar-refractivity contribution in [3.05, 3.63) is 108 Å². The van der Waals surface area contributed by atoms with Crippen molar-refractivity contribution < 1.29 is 43.1 Å². The molecule has 0 aromatic heterocycles. The molecule has 10 atom stereocenters. The zero-order chi connectivity index (χ0) is 33.3. The van der Waals surface area contributed by atoms with Gasteiger partial charge in [0.2, 0.25) is 0 Å². The highest BCUT2D eigenvalue weighted by atomic mass is 32.2. The minimum absolute atomic E-state index is 0.193. The summed E-state index contributed by atoms with van der Waals surface area (Å²) in [4.78, 5) is 26.5. The maximum Gasteiger partial charge on any atom is 0.338 e. The number of benzene rings is 3. The molecule has 47 heavy (non-hydrogen) atoms. The third-order valence-corrected chi connectivity index (χ3v) is 9.70. The van der Waals surface area contributed by atoms with Gasteiger partial charge in [-0.15, -0.1) is 11.8 Å². The summed E-state index contributed by atoms with van der Waals surface area (Å²) in [7, 11) is 0. The Morgan fingerprint density at radius 3 is 1.87 bits per heavy atom. The number of carbonyl (C=O) groups excluding carboxylic acids is 2. The van der Waals surface area contributed by atoms with Gasteiger partial charge in [-0.2, -0.15) is 0 Å². The van der Waals surface area contributed by atoms with Crippen LogP contribution in [-0.2, 0) is 35.0 Å². The van der Waals surface area contributed by atoms with Gasteiger partial charge >= 0.3 is 11.9 Å². The van der Waals surface area contributed by atoms with E-state index in [0.717, 1.165) is 11.3 Å². The quantitative estimate of drug-likeness (QED) is 0.235. The van der Waals surface area contributed by atoms with Gasteiger partial charge in [-0.05, 0) is 42.5 Å². The molecule has 5 rings (SSSR count). The molecule has 252 valence electrons. The highest BCUT2D eigenvalue weighted by Gasteiger charge is 2.51. The molecule has 3 aromatic rings. The average Bonchev–Trinajstić information content (AvgIpc) is 3.09. The first kappa shape index (κ1) is 35.1. The predicted molar refractivity (Wildman–Crippen MR) is 178 cm³/mol. The van der Waals surface area contributed by atoms with E-state index < -0.39 is 66.2 Å². The van der Waals surface area contributed by atoms with Crippen molar-refractivity contribution in [2.45, 2.75) is 82.7 Å². The van der Waals surface area contributed by atoms with Gasteiger partial charge in [-0.1, -0.05) is 87.5 Å². The van der Waals surface area contributed by atoms with Crippen LogP contribution in [0.1, 0.15) is 54.0 Å². The van der Waals surface area contributed by atoms with Crippen molar-refractivity contribution in [3.63, 3.8) is 0 Å². The van der Waals surface area contributed by atoms with Gasteiger partial charge in [0.15, 0.2) is 12.4 Å². The smallest absolute Gasteiger partial charge is 0.338 e. The standard InChI is InChI=1S/C37H44O9S/c1-5-47-37-33(45-35(40)28-19-13-8-14-20-28)24(3)31(29(43-37)22-41-21-26-15-9-6-10-16-26)46-36-32(23(2)30(38)25(4)42-36)44-34(39)27-17-11-7-12-18-27/h6-20,23-25,29-33,36-38H,5,21-22H2,1-4H3/t23-,24-,25?,29?,30-,31-,32?,33?,36-,37-/m0/s1. The summed E-state index contributed by atoms with van der Waals surface area (Å²) in [5, 5.41) is 10.9. The summed E-state index contributed by atoms with van der Waals surface area (Å²) in [6.07, 6.45) is -5.38. The number of aliphatic hydroxyl groups is 1. The second-order valence-corrected chi connectivity index (χ2v) is 13.4. The minimum Gasteiger partial charge on any atom is -0.455 e. The van der Waals surface area contributed by atoms with E-state index in [2.05, 4.69) is 0 Å². The van der Waals surface area contributed by atoms with E-state index in [1.165, 1.54) is 0 Å². The van der Waals surface area contributed by atoms with E-state index in [9.17, 15) is 14.7 Å². The van der Waals surface area contributed by atoms with Gasteiger partial charge in [-0.25, -0.2) is 9.59 Å². The molecule has 0 saturated carbocycles. The molecule has 2 fully saturated rings. The van der Waals surface area contributed by atoms with E-state index in [1.54, 1.807) is 67.2 Å². The molecule has 2 heterocycles. The van der Waals surface area contributed by atoms with Gasteiger partial charge < -0.3 is 33.5 Å². The number of carbonyl (C=O) groups is 2. The van der Waals surface area contributed by atoms with Gasteiger partial charge in [0, 0.05) is 11.8 Å². The Kier molecular flexibility index (Phi) is 12.5. The van der Waals surface area contributed by atoms with Crippen LogP contribution in [0.25, 0.3) is 0 Å². The van der Waals surface area contributed by atoms with Crippen molar-refractivity contribution in [2.75, 3.05) is 12.4 Å². The Labute approximate surface area is 280 Å². The van der Waals surface area contributed by atoms with Gasteiger partial charge in [-0.3, -0.25) is 0 Å². The first-order valence-electron chi connectivity index (χ1n) is 16.2. The highest BCUT2D eigenvalue weighted by Crippen LogP contribution is 2.39. The monoisotopic (exact) mass is 664 g/mol. The molecule has 0 spiro atoms. The first-order chi connectivity index (χ1) is 22.8. The molecule has 9 nitrogen and oxygen atoms in total. The lowest BCUT2D eigenvalue weighted by molar-refractivity contribution is -0.319. The molecule has 2 aliphatic rings. The Morgan fingerprint density at radius 1 is 0.745 bits per heavy atom. The van der Waals surface area contributed by atoms with Gasteiger partial charge in [0.05, 0.1) is 42.7 Å². The highest BCUT2D eigenvalue weighted by molar-refractivity contribution is 7.99. The van der Waals surface area contributed by atoms with Crippen molar-refractivity contribution in [1.29, 1.82) is 0 Å². The van der Waals surface area contributed by atoms with Crippen LogP contribution >= 0.6 is 11.8 Å². The van der Waals surface area contributed by atoms with Crippen LogP contribution in [0.4, 0.5) is 0 Å². The maximum absolute atomic E-state index is 13.3.